The van der Waals surface area contributed by atoms with E-state index in [1.54, 1.807) is 20.8 Å². The van der Waals surface area contributed by atoms with Crippen LogP contribution in [-0.4, -0.2) is 38.8 Å². The van der Waals surface area contributed by atoms with Gasteiger partial charge in [-0.3, -0.25) is 0 Å². The maximum absolute atomic E-state index is 12.1. The Morgan fingerprint density at radius 1 is 1.08 bits per heavy atom. The number of carbonyl (C=O) groups excluding carboxylic acids is 1. The van der Waals surface area contributed by atoms with Crippen LogP contribution in [-0.2, 0) is 16.0 Å². The van der Waals surface area contributed by atoms with Crippen molar-refractivity contribution >= 4 is 23.8 Å². The lowest BCUT2D eigenvalue weighted by Crippen LogP contribution is -2.64. The number of amides is 1. The minimum absolute atomic E-state index is 0.686. The molecular formula is C19H29NO4S. The van der Waals surface area contributed by atoms with Gasteiger partial charge >= 0.3 is 12.1 Å². The van der Waals surface area contributed by atoms with Gasteiger partial charge in [0, 0.05) is 4.75 Å². The third-order valence-electron chi connectivity index (χ3n) is 4.08. The first-order valence-corrected chi connectivity index (χ1v) is 9.28. The quantitative estimate of drug-likeness (QED) is 0.758. The van der Waals surface area contributed by atoms with Gasteiger partial charge in [-0.05, 0) is 59.3 Å². The average molecular weight is 368 g/mol. The maximum atomic E-state index is 12.1. The molecule has 0 aromatic heterocycles. The summed E-state index contributed by atoms with van der Waals surface area (Å²) in [7, 11) is 0. The molecule has 1 amide bonds. The van der Waals surface area contributed by atoms with Crippen molar-refractivity contribution in [2.45, 2.75) is 63.9 Å². The fourth-order valence-electron chi connectivity index (χ4n) is 2.18. The van der Waals surface area contributed by atoms with Crippen molar-refractivity contribution < 1.29 is 19.4 Å². The molecule has 0 saturated heterocycles. The summed E-state index contributed by atoms with van der Waals surface area (Å²) in [6, 6.07) is 10.0. The molecule has 1 rings (SSSR count). The van der Waals surface area contributed by atoms with Gasteiger partial charge in [0.15, 0.2) is 5.54 Å². The third kappa shape index (κ3) is 6.27. The lowest BCUT2D eigenvalue weighted by atomic mass is 9.87. The Morgan fingerprint density at radius 3 is 2.12 bits per heavy atom. The van der Waals surface area contributed by atoms with Gasteiger partial charge < -0.3 is 15.2 Å². The first-order valence-electron chi connectivity index (χ1n) is 8.30. The van der Waals surface area contributed by atoms with E-state index in [1.807, 2.05) is 44.2 Å². The number of carboxylic acids is 1. The Morgan fingerprint density at radius 2 is 1.64 bits per heavy atom. The summed E-state index contributed by atoms with van der Waals surface area (Å²) < 4.78 is 4.50. The molecule has 1 aromatic rings. The van der Waals surface area contributed by atoms with Crippen LogP contribution in [0.4, 0.5) is 4.79 Å². The van der Waals surface area contributed by atoms with Crippen molar-refractivity contribution in [1.29, 1.82) is 0 Å². The predicted octanol–water partition coefficient (Wildman–Crippen LogP) is 4.11. The molecule has 1 atom stereocenters. The first kappa shape index (κ1) is 21.4. The van der Waals surface area contributed by atoms with E-state index in [0.717, 1.165) is 12.2 Å². The Labute approximate surface area is 154 Å². The van der Waals surface area contributed by atoms with Gasteiger partial charge in [0.25, 0.3) is 0 Å². The minimum atomic E-state index is -1.46. The van der Waals surface area contributed by atoms with Gasteiger partial charge in [0.05, 0.1) is 0 Å². The second-order valence-electron chi connectivity index (χ2n) is 7.65. The maximum Gasteiger partial charge on any atom is 0.408 e. The van der Waals surface area contributed by atoms with Gasteiger partial charge in [-0.15, -0.1) is 0 Å². The predicted molar refractivity (Wildman–Crippen MR) is 102 cm³/mol. The van der Waals surface area contributed by atoms with Crippen LogP contribution in [0.2, 0.25) is 0 Å². The van der Waals surface area contributed by atoms with Crippen LogP contribution < -0.4 is 5.32 Å². The molecule has 0 aliphatic rings. The molecule has 0 unspecified atom stereocenters. The Kier molecular flexibility index (Phi) is 6.94. The summed E-state index contributed by atoms with van der Waals surface area (Å²) in [4.78, 5) is 24.0. The smallest absolute Gasteiger partial charge is 0.408 e. The zero-order valence-electron chi connectivity index (χ0n) is 15.9. The molecule has 0 spiro atoms. The summed E-state index contributed by atoms with van der Waals surface area (Å²) >= 11 is 1.52. The summed E-state index contributed by atoms with van der Waals surface area (Å²) in [6.45, 7) is 10.4. The van der Waals surface area contributed by atoms with E-state index in [4.69, 9.17) is 4.74 Å². The lowest BCUT2D eigenvalue weighted by Gasteiger charge is -2.41. The molecule has 1 aromatic carbocycles. The number of benzene rings is 1. The number of ether oxygens (including phenoxy) is 1. The van der Waals surface area contributed by atoms with Gasteiger partial charge in [-0.1, -0.05) is 30.3 Å². The number of hydrogen-bond donors (Lipinski definition) is 2. The van der Waals surface area contributed by atoms with Crippen LogP contribution in [0.3, 0.4) is 0 Å². The summed E-state index contributed by atoms with van der Waals surface area (Å²) in [5.41, 5.74) is -0.951. The Hall–Kier alpha value is -1.69. The van der Waals surface area contributed by atoms with Gasteiger partial charge in [0.2, 0.25) is 0 Å². The van der Waals surface area contributed by atoms with Crippen molar-refractivity contribution in [3.05, 3.63) is 35.9 Å². The number of alkyl carbamates (subject to hydrolysis) is 1. The monoisotopic (exact) mass is 367 g/mol. The average Bonchev–Trinajstić information content (AvgIpc) is 2.45. The summed E-state index contributed by atoms with van der Waals surface area (Å²) in [5, 5.41) is 12.3. The molecule has 0 fully saturated rings. The third-order valence-corrected chi connectivity index (χ3v) is 5.62. The van der Waals surface area contributed by atoms with Crippen LogP contribution in [0.15, 0.2) is 30.3 Å². The second kappa shape index (κ2) is 8.13. The molecule has 5 nitrogen and oxygen atoms in total. The lowest BCUT2D eigenvalue weighted by molar-refractivity contribution is -0.145. The van der Waals surface area contributed by atoms with Crippen LogP contribution in [0.25, 0.3) is 0 Å². The van der Waals surface area contributed by atoms with Crippen molar-refractivity contribution in [1.82, 2.24) is 5.32 Å². The van der Waals surface area contributed by atoms with Crippen molar-refractivity contribution in [3.63, 3.8) is 0 Å². The highest BCUT2D eigenvalue weighted by molar-refractivity contribution is 8.00. The minimum Gasteiger partial charge on any atom is -0.479 e. The van der Waals surface area contributed by atoms with Crippen LogP contribution in [0.1, 0.15) is 47.1 Å². The Bertz CT molecular complexity index is 595. The number of rotatable bonds is 7. The van der Waals surface area contributed by atoms with Gasteiger partial charge in [-0.25, -0.2) is 9.59 Å². The largest absolute Gasteiger partial charge is 0.479 e. The molecule has 0 bridgehead atoms. The summed E-state index contributed by atoms with van der Waals surface area (Å²) in [5.74, 6) is -0.342. The van der Waals surface area contributed by atoms with Crippen LogP contribution in [0.5, 0.6) is 0 Å². The number of carbonyl (C=O) groups is 2. The highest BCUT2D eigenvalue weighted by atomic mass is 32.2. The highest BCUT2D eigenvalue weighted by Gasteiger charge is 2.49. The molecule has 140 valence electrons. The second-order valence-corrected chi connectivity index (χ2v) is 9.37. The molecular weight excluding hydrogens is 338 g/mol. The topological polar surface area (TPSA) is 75.6 Å². The first-order chi connectivity index (χ1) is 11.4. The van der Waals surface area contributed by atoms with E-state index in [9.17, 15) is 14.7 Å². The number of hydrogen-bond acceptors (Lipinski definition) is 4. The van der Waals surface area contributed by atoms with E-state index >= 15 is 0 Å². The number of carboxylic acid groups (broad SMARTS) is 1. The number of nitrogens with one attached hydrogen (secondary N) is 1. The highest BCUT2D eigenvalue weighted by Crippen LogP contribution is 2.36. The normalized spacial score (nSPS) is 14.5. The molecule has 25 heavy (non-hydrogen) atoms. The fraction of sp³-hybridized carbons (Fsp3) is 0.579. The van der Waals surface area contributed by atoms with Crippen molar-refractivity contribution in [2.24, 2.45) is 0 Å². The molecule has 0 heterocycles. The number of thioether (sulfide) groups is 1. The van der Waals surface area contributed by atoms with E-state index in [-0.39, 0.29) is 0 Å². The number of aryl methyl sites for hydroxylation is 1. The fourth-order valence-corrected chi connectivity index (χ4v) is 3.46. The van der Waals surface area contributed by atoms with E-state index in [1.165, 1.54) is 24.2 Å². The zero-order chi connectivity index (χ0) is 19.3. The molecule has 0 radical (unpaired) electrons. The molecule has 2 N–H and O–H groups in total. The SMILES string of the molecule is CC(C)(C)OC(=O)N[C@](C)(C(=O)O)C(C)(C)SCCc1ccccc1. The molecule has 0 aliphatic carbocycles. The molecule has 0 aliphatic heterocycles. The number of aliphatic carboxylic acids is 1. The molecule has 0 saturated carbocycles. The van der Waals surface area contributed by atoms with Crippen molar-refractivity contribution in [3.8, 4) is 0 Å². The van der Waals surface area contributed by atoms with Gasteiger partial charge in [-0.2, -0.15) is 11.8 Å². The standard InChI is InChI=1S/C19H29NO4S/c1-17(2,3)24-16(23)20-19(6,15(21)22)18(4,5)25-13-12-14-10-8-7-9-11-14/h7-11H,12-13H2,1-6H3,(H,20,23)(H,21,22)/t19-/m1/s1. The van der Waals surface area contributed by atoms with E-state index in [2.05, 4.69) is 5.32 Å². The van der Waals surface area contributed by atoms with Gasteiger partial charge in [0.1, 0.15) is 5.60 Å². The zero-order valence-corrected chi connectivity index (χ0v) is 16.7. The van der Waals surface area contributed by atoms with E-state index < -0.39 is 27.9 Å². The van der Waals surface area contributed by atoms with Crippen LogP contribution in [0, 0.1) is 0 Å². The molecule has 6 heteroatoms. The van der Waals surface area contributed by atoms with E-state index in [0.29, 0.717) is 0 Å². The van der Waals surface area contributed by atoms with Crippen LogP contribution >= 0.6 is 11.8 Å². The van der Waals surface area contributed by atoms with Crippen molar-refractivity contribution in [2.75, 3.05) is 5.75 Å². The Balaban J connectivity index is 2.79. The summed E-state index contributed by atoms with van der Waals surface area (Å²) in [6.07, 6.45) is 0.103.